The first-order valence-electron chi connectivity index (χ1n) is 6.21. The highest BCUT2D eigenvalue weighted by molar-refractivity contribution is 7.20. The number of nitro groups is 1. The number of anilines is 1. The van der Waals surface area contributed by atoms with E-state index >= 15 is 0 Å². The average molecular weight is 298 g/mol. The number of thiophene rings is 1. The fourth-order valence-corrected chi connectivity index (χ4v) is 3.11. The Labute approximate surface area is 119 Å². The Morgan fingerprint density at radius 3 is 2.60 bits per heavy atom. The highest BCUT2D eigenvalue weighted by Gasteiger charge is 2.40. The second-order valence-electron chi connectivity index (χ2n) is 4.46. The van der Waals surface area contributed by atoms with E-state index in [4.69, 9.17) is 4.74 Å². The lowest BCUT2D eigenvalue weighted by atomic mass is 10.1. The van der Waals surface area contributed by atoms with E-state index in [0.717, 1.165) is 24.2 Å². The van der Waals surface area contributed by atoms with Crippen molar-refractivity contribution in [2.45, 2.75) is 32.6 Å². The third-order valence-corrected chi connectivity index (χ3v) is 3.92. The van der Waals surface area contributed by atoms with Crippen LogP contribution in [-0.4, -0.2) is 23.4 Å². The first kappa shape index (κ1) is 14.4. The second kappa shape index (κ2) is 5.58. The standard InChI is InChI=1S/C12H14N2O5S/c1-3-19-12(16)9-8(7-4-5-7)11(14(17)18)20-10(9)13-6(2)15/h7H,3-5H2,1-2H3,(H,13,15). The molecule has 0 atom stereocenters. The lowest BCUT2D eigenvalue weighted by Crippen LogP contribution is -2.12. The number of amides is 1. The molecule has 8 heteroatoms. The van der Waals surface area contributed by atoms with Gasteiger partial charge in [-0.25, -0.2) is 4.79 Å². The number of rotatable bonds is 5. The van der Waals surface area contributed by atoms with Gasteiger partial charge in [-0.05, 0) is 37.0 Å². The molecule has 108 valence electrons. The lowest BCUT2D eigenvalue weighted by molar-refractivity contribution is -0.380. The van der Waals surface area contributed by atoms with Crippen LogP contribution in [-0.2, 0) is 9.53 Å². The summed E-state index contributed by atoms with van der Waals surface area (Å²) in [7, 11) is 0. The fourth-order valence-electron chi connectivity index (χ4n) is 1.97. The Bertz CT molecular complexity index is 577. The number of esters is 1. The minimum absolute atomic E-state index is 0.00793. The summed E-state index contributed by atoms with van der Waals surface area (Å²) in [6, 6.07) is 0. The average Bonchev–Trinajstić information content (AvgIpc) is 3.11. The van der Waals surface area contributed by atoms with Gasteiger partial charge in [-0.2, -0.15) is 0 Å². The van der Waals surface area contributed by atoms with E-state index in [1.807, 2.05) is 0 Å². The van der Waals surface area contributed by atoms with Crippen LogP contribution in [0.1, 0.15) is 48.5 Å². The molecule has 0 saturated heterocycles. The van der Waals surface area contributed by atoms with E-state index < -0.39 is 10.9 Å². The van der Waals surface area contributed by atoms with Crippen LogP contribution in [0.25, 0.3) is 0 Å². The van der Waals surface area contributed by atoms with Gasteiger partial charge in [-0.3, -0.25) is 14.9 Å². The molecular weight excluding hydrogens is 284 g/mol. The van der Waals surface area contributed by atoms with E-state index in [1.165, 1.54) is 6.92 Å². The van der Waals surface area contributed by atoms with Crippen molar-refractivity contribution in [3.8, 4) is 0 Å². The van der Waals surface area contributed by atoms with Crippen molar-refractivity contribution in [2.24, 2.45) is 0 Å². The molecule has 1 heterocycles. The first-order chi connectivity index (χ1) is 9.45. The molecule has 1 N–H and O–H groups in total. The third kappa shape index (κ3) is 2.79. The zero-order valence-corrected chi connectivity index (χ0v) is 11.9. The SMILES string of the molecule is CCOC(=O)c1c(NC(C)=O)sc([N+](=O)[O-])c1C1CC1. The molecule has 0 aliphatic heterocycles. The van der Waals surface area contributed by atoms with Crippen molar-refractivity contribution in [3.63, 3.8) is 0 Å². The summed E-state index contributed by atoms with van der Waals surface area (Å²) in [5.41, 5.74) is 0.545. The zero-order valence-electron chi connectivity index (χ0n) is 11.1. The number of carbonyl (C=O) groups is 2. The van der Waals surface area contributed by atoms with Crippen LogP contribution in [0.5, 0.6) is 0 Å². The van der Waals surface area contributed by atoms with Crippen LogP contribution in [0, 0.1) is 10.1 Å². The van der Waals surface area contributed by atoms with Crippen LogP contribution < -0.4 is 5.32 Å². The molecule has 1 aromatic rings. The molecule has 20 heavy (non-hydrogen) atoms. The Morgan fingerprint density at radius 1 is 1.50 bits per heavy atom. The summed E-state index contributed by atoms with van der Waals surface area (Å²) in [4.78, 5) is 33.9. The molecule has 0 radical (unpaired) electrons. The number of carbonyl (C=O) groups excluding carboxylic acids is 2. The summed E-state index contributed by atoms with van der Waals surface area (Å²) in [6.45, 7) is 3.12. The van der Waals surface area contributed by atoms with Crippen molar-refractivity contribution < 1.29 is 19.2 Å². The number of nitrogens with one attached hydrogen (secondary N) is 1. The summed E-state index contributed by atoms with van der Waals surface area (Å²) < 4.78 is 4.96. The molecule has 1 amide bonds. The third-order valence-electron chi connectivity index (χ3n) is 2.85. The van der Waals surface area contributed by atoms with Gasteiger partial charge in [0, 0.05) is 6.92 Å². The van der Waals surface area contributed by atoms with Crippen LogP contribution >= 0.6 is 11.3 Å². The quantitative estimate of drug-likeness (QED) is 0.512. The van der Waals surface area contributed by atoms with Crippen molar-refractivity contribution >= 4 is 33.2 Å². The Hall–Kier alpha value is -1.96. The van der Waals surface area contributed by atoms with Crippen molar-refractivity contribution in [2.75, 3.05) is 11.9 Å². The summed E-state index contributed by atoms with van der Waals surface area (Å²) in [5, 5.41) is 13.7. The summed E-state index contributed by atoms with van der Waals surface area (Å²) >= 11 is 0.813. The minimum atomic E-state index is -0.623. The fraction of sp³-hybridized carbons (Fsp3) is 0.500. The molecule has 1 aromatic heterocycles. The maximum atomic E-state index is 12.0. The molecule has 0 unspecified atom stereocenters. The molecular formula is C12H14N2O5S. The predicted octanol–water partition coefficient (Wildman–Crippen LogP) is 2.67. The number of hydrogen-bond acceptors (Lipinski definition) is 6. The Balaban J connectivity index is 2.54. The van der Waals surface area contributed by atoms with Gasteiger partial charge in [0.15, 0.2) is 0 Å². The van der Waals surface area contributed by atoms with Gasteiger partial charge in [-0.15, -0.1) is 0 Å². The van der Waals surface area contributed by atoms with E-state index in [9.17, 15) is 19.7 Å². The van der Waals surface area contributed by atoms with Gasteiger partial charge in [0.05, 0.1) is 17.1 Å². The Kier molecular flexibility index (Phi) is 4.03. The molecule has 7 nitrogen and oxygen atoms in total. The molecule has 1 aliphatic rings. The normalized spacial score (nSPS) is 13.9. The largest absolute Gasteiger partial charge is 0.462 e. The molecule has 0 aromatic carbocycles. The van der Waals surface area contributed by atoms with Gasteiger partial charge in [0.25, 0.3) is 0 Å². The number of hydrogen-bond donors (Lipinski definition) is 1. The monoisotopic (exact) mass is 298 g/mol. The summed E-state index contributed by atoms with van der Waals surface area (Å²) in [5.74, 6) is -0.995. The van der Waals surface area contributed by atoms with Crippen molar-refractivity contribution in [1.29, 1.82) is 0 Å². The zero-order chi connectivity index (χ0) is 14.9. The Morgan fingerprint density at radius 2 is 2.15 bits per heavy atom. The lowest BCUT2D eigenvalue weighted by Gasteiger charge is -2.05. The predicted molar refractivity (Wildman–Crippen MR) is 73.2 cm³/mol. The molecule has 1 aliphatic carbocycles. The first-order valence-corrected chi connectivity index (χ1v) is 7.03. The minimum Gasteiger partial charge on any atom is -0.462 e. The van der Waals surface area contributed by atoms with Crippen LogP contribution in [0.2, 0.25) is 0 Å². The number of nitrogens with zero attached hydrogens (tertiary/aromatic N) is 1. The van der Waals surface area contributed by atoms with Gasteiger partial charge in [-0.1, -0.05) is 0 Å². The molecule has 2 rings (SSSR count). The highest BCUT2D eigenvalue weighted by atomic mass is 32.1. The topological polar surface area (TPSA) is 98.5 Å². The van der Waals surface area contributed by atoms with Crippen LogP contribution in [0.4, 0.5) is 10.0 Å². The van der Waals surface area contributed by atoms with Gasteiger partial charge in [0.2, 0.25) is 5.91 Å². The van der Waals surface area contributed by atoms with E-state index in [2.05, 4.69) is 5.32 Å². The molecule has 1 saturated carbocycles. The van der Waals surface area contributed by atoms with Gasteiger partial charge < -0.3 is 10.1 Å². The van der Waals surface area contributed by atoms with E-state index in [1.54, 1.807) is 6.92 Å². The van der Waals surface area contributed by atoms with Crippen LogP contribution in [0.3, 0.4) is 0 Å². The van der Waals surface area contributed by atoms with Crippen molar-refractivity contribution in [1.82, 2.24) is 0 Å². The molecule has 0 bridgehead atoms. The maximum absolute atomic E-state index is 12.0. The molecule has 1 fully saturated rings. The van der Waals surface area contributed by atoms with E-state index in [0.29, 0.717) is 5.56 Å². The second-order valence-corrected chi connectivity index (χ2v) is 5.46. The highest BCUT2D eigenvalue weighted by Crippen LogP contribution is 2.52. The van der Waals surface area contributed by atoms with Gasteiger partial charge >= 0.3 is 11.0 Å². The number of ether oxygens (including phenoxy) is 1. The van der Waals surface area contributed by atoms with Gasteiger partial charge in [0.1, 0.15) is 10.6 Å². The molecule has 0 spiro atoms. The summed E-state index contributed by atoms with van der Waals surface area (Å²) in [6.07, 6.45) is 1.62. The van der Waals surface area contributed by atoms with Crippen LogP contribution in [0.15, 0.2) is 0 Å². The smallest absolute Gasteiger partial charge is 0.341 e. The van der Waals surface area contributed by atoms with Crippen molar-refractivity contribution in [3.05, 3.63) is 21.2 Å². The maximum Gasteiger partial charge on any atom is 0.341 e. The van der Waals surface area contributed by atoms with E-state index in [-0.39, 0.29) is 34.0 Å².